The molecule has 0 bridgehead atoms. The van der Waals surface area contributed by atoms with E-state index in [2.05, 4.69) is 5.32 Å². The molecule has 1 aliphatic rings. The fourth-order valence-corrected chi connectivity index (χ4v) is 2.72. The topological polar surface area (TPSA) is 73.9 Å². The molecule has 0 saturated carbocycles. The van der Waals surface area contributed by atoms with Gasteiger partial charge in [0.15, 0.2) is 6.10 Å². The van der Waals surface area contributed by atoms with Gasteiger partial charge in [-0.3, -0.25) is 4.79 Å². The lowest BCUT2D eigenvalue weighted by atomic mass is 9.98. The predicted molar refractivity (Wildman–Crippen MR) is 90.0 cm³/mol. The van der Waals surface area contributed by atoms with Gasteiger partial charge in [0.05, 0.1) is 0 Å². The highest BCUT2D eigenvalue weighted by atomic mass is 16.6. The molecule has 6 heteroatoms. The summed E-state index contributed by atoms with van der Waals surface area (Å²) in [6.07, 6.45) is -1.20. The van der Waals surface area contributed by atoms with E-state index in [0.29, 0.717) is 5.75 Å². The number of hydrogen-bond donors (Lipinski definition) is 1. The fraction of sp³-hybridized carbons (Fsp3) is 0.263. The monoisotopic (exact) mass is 341 g/mol. The minimum absolute atomic E-state index is 0.162. The second-order valence-corrected chi connectivity index (χ2v) is 5.68. The van der Waals surface area contributed by atoms with Gasteiger partial charge in [0.25, 0.3) is 0 Å². The minimum atomic E-state index is -0.614. The Labute approximate surface area is 145 Å². The molecule has 0 radical (unpaired) electrons. The largest absolute Gasteiger partial charge is 0.489 e. The molecule has 0 spiro atoms. The van der Waals surface area contributed by atoms with Crippen molar-refractivity contribution in [2.75, 3.05) is 6.61 Å². The summed E-state index contributed by atoms with van der Waals surface area (Å²) in [7, 11) is 0. The summed E-state index contributed by atoms with van der Waals surface area (Å²) < 4.78 is 16.2. The first-order valence-corrected chi connectivity index (χ1v) is 7.99. The quantitative estimate of drug-likeness (QED) is 0.866. The molecule has 0 fully saturated rings. The van der Waals surface area contributed by atoms with Crippen LogP contribution in [0.25, 0.3) is 0 Å². The Bertz CT molecular complexity index is 746. The Morgan fingerprint density at radius 2 is 1.84 bits per heavy atom. The summed E-state index contributed by atoms with van der Waals surface area (Å²) in [4.78, 5) is 23.6. The molecule has 2 atom stereocenters. The van der Waals surface area contributed by atoms with Crippen molar-refractivity contribution in [3.05, 3.63) is 65.7 Å². The second kappa shape index (κ2) is 7.70. The maximum Gasteiger partial charge on any atom is 0.408 e. The number of rotatable bonds is 4. The molecule has 0 saturated heterocycles. The van der Waals surface area contributed by atoms with Crippen molar-refractivity contribution >= 4 is 12.1 Å². The van der Waals surface area contributed by atoms with E-state index in [1.54, 1.807) is 0 Å². The zero-order chi connectivity index (χ0) is 17.6. The lowest BCUT2D eigenvalue weighted by Gasteiger charge is -2.33. The van der Waals surface area contributed by atoms with E-state index in [1.807, 2.05) is 54.6 Å². The second-order valence-electron chi connectivity index (χ2n) is 5.68. The van der Waals surface area contributed by atoms with E-state index in [9.17, 15) is 9.59 Å². The Hall–Kier alpha value is -3.02. The number of carbonyl (C=O) groups is 2. The molecule has 0 aromatic heterocycles. The van der Waals surface area contributed by atoms with Crippen LogP contribution >= 0.6 is 0 Å². The maximum absolute atomic E-state index is 12.2. The number of nitrogens with one attached hydrogen (secondary N) is 1. The van der Waals surface area contributed by atoms with Gasteiger partial charge in [-0.2, -0.15) is 0 Å². The molecule has 1 amide bonds. The maximum atomic E-state index is 12.2. The van der Waals surface area contributed by atoms with Crippen LogP contribution in [0.1, 0.15) is 24.1 Å². The molecule has 0 unspecified atom stereocenters. The molecule has 25 heavy (non-hydrogen) atoms. The third kappa shape index (κ3) is 4.29. The van der Waals surface area contributed by atoms with Crippen molar-refractivity contribution in [1.29, 1.82) is 0 Å². The summed E-state index contributed by atoms with van der Waals surface area (Å²) >= 11 is 0. The molecule has 130 valence electrons. The Morgan fingerprint density at radius 1 is 1.12 bits per heavy atom. The van der Waals surface area contributed by atoms with E-state index < -0.39 is 24.2 Å². The van der Waals surface area contributed by atoms with Crippen molar-refractivity contribution in [3.8, 4) is 5.75 Å². The van der Waals surface area contributed by atoms with Gasteiger partial charge in [-0.1, -0.05) is 48.5 Å². The summed E-state index contributed by atoms with van der Waals surface area (Å²) in [5.74, 6) is 0.219. The van der Waals surface area contributed by atoms with Gasteiger partial charge < -0.3 is 19.5 Å². The summed E-state index contributed by atoms with van der Waals surface area (Å²) in [5, 5.41) is 2.78. The summed E-state index contributed by atoms with van der Waals surface area (Å²) in [5.41, 5.74) is 1.64. The van der Waals surface area contributed by atoms with Crippen molar-refractivity contribution in [3.63, 3.8) is 0 Å². The molecule has 1 heterocycles. The van der Waals surface area contributed by atoms with Crippen LogP contribution in [0, 0.1) is 0 Å². The van der Waals surface area contributed by atoms with Crippen molar-refractivity contribution in [2.24, 2.45) is 0 Å². The van der Waals surface area contributed by atoms with E-state index in [1.165, 1.54) is 6.92 Å². The van der Waals surface area contributed by atoms with Crippen molar-refractivity contribution in [2.45, 2.75) is 25.7 Å². The Balaban J connectivity index is 1.70. The van der Waals surface area contributed by atoms with Crippen LogP contribution in [0.4, 0.5) is 4.79 Å². The molecule has 3 rings (SSSR count). The SMILES string of the molecule is CC(=O)O[C@H]1COc2ccccc2[C@@H]1NC(=O)OCc1ccccc1. The third-order valence-corrected chi connectivity index (χ3v) is 3.83. The predicted octanol–water partition coefficient (Wildman–Crippen LogP) is 2.98. The van der Waals surface area contributed by atoms with Gasteiger partial charge in [0.1, 0.15) is 25.0 Å². The van der Waals surface area contributed by atoms with Crippen molar-refractivity contribution in [1.82, 2.24) is 5.32 Å². The number of amides is 1. The number of benzene rings is 2. The third-order valence-electron chi connectivity index (χ3n) is 3.83. The van der Waals surface area contributed by atoms with Gasteiger partial charge in [-0.25, -0.2) is 4.79 Å². The van der Waals surface area contributed by atoms with E-state index in [4.69, 9.17) is 14.2 Å². The molecular weight excluding hydrogens is 322 g/mol. The van der Waals surface area contributed by atoms with Crippen LogP contribution in [-0.4, -0.2) is 24.8 Å². The first-order valence-electron chi connectivity index (χ1n) is 7.99. The van der Waals surface area contributed by atoms with Gasteiger partial charge in [0.2, 0.25) is 0 Å². The molecule has 0 aliphatic carbocycles. The lowest BCUT2D eigenvalue weighted by molar-refractivity contribution is -0.150. The average Bonchev–Trinajstić information content (AvgIpc) is 2.62. The highest BCUT2D eigenvalue weighted by molar-refractivity contribution is 5.69. The number of ether oxygens (including phenoxy) is 3. The standard InChI is InChI=1S/C19H19NO5/c1-13(21)25-17-12-23-16-10-6-5-9-15(16)18(17)20-19(22)24-11-14-7-3-2-4-8-14/h2-10,17-18H,11-12H2,1H3,(H,20,22)/t17-,18-/m0/s1. The Kier molecular flexibility index (Phi) is 5.18. The lowest BCUT2D eigenvalue weighted by Crippen LogP contribution is -2.44. The molecule has 6 nitrogen and oxygen atoms in total. The number of alkyl carbamates (subject to hydrolysis) is 1. The van der Waals surface area contributed by atoms with Gasteiger partial charge in [-0.15, -0.1) is 0 Å². The highest BCUT2D eigenvalue weighted by Gasteiger charge is 2.34. The van der Waals surface area contributed by atoms with Crippen LogP contribution in [0.5, 0.6) is 5.75 Å². The van der Waals surface area contributed by atoms with Gasteiger partial charge in [0, 0.05) is 12.5 Å². The number of carbonyl (C=O) groups excluding carboxylic acids is 2. The van der Waals surface area contributed by atoms with Gasteiger partial charge >= 0.3 is 12.1 Å². The van der Waals surface area contributed by atoms with Crippen LogP contribution in [0.3, 0.4) is 0 Å². The molecule has 2 aromatic carbocycles. The molecule has 1 N–H and O–H groups in total. The summed E-state index contributed by atoms with van der Waals surface area (Å²) in [6, 6.07) is 16.2. The fourth-order valence-electron chi connectivity index (χ4n) is 2.72. The smallest absolute Gasteiger partial charge is 0.408 e. The number of esters is 1. The zero-order valence-corrected chi connectivity index (χ0v) is 13.8. The Morgan fingerprint density at radius 3 is 2.60 bits per heavy atom. The van der Waals surface area contributed by atoms with Crippen LogP contribution in [0.15, 0.2) is 54.6 Å². The average molecular weight is 341 g/mol. The van der Waals surface area contributed by atoms with Crippen LogP contribution in [-0.2, 0) is 20.9 Å². The molecular formula is C19H19NO5. The highest BCUT2D eigenvalue weighted by Crippen LogP contribution is 2.33. The number of hydrogen-bond acceptors (Lipinski definition) is 5. The van der Waals surface area contributed by atoms with Crippen LogP contribution < -0.4 is 10.1 Å². The van der Waals surface area contributed by atoms with Gasteiger partial charge in [-0.05, 0) is 11.6 Å². The minimum Gasteiger partial charge on any atom is -0.489 e. The van der Waals surface area contributed by atoms with E-state index in [-0.39, 0.29) is 13.2 Å². The van der Waals surface area contributed by atoms with E-state index in [0.717, 1.165) is 11.1 Å². The first kappa shape index (κ1) is 16.8. The summed E-state index contributed by atoms with van der Waals surface area (Å²) in [6.45, 7) is 1.65. The van der Waals surface area contributed by atoms with Crippen molar-refractivity contribution < 1.29 is 23.8 Å². The first-order chi connectivity index (χ1) is 12.1. The molecule has 2 aromatic rings. The normalized spacial score (nSPS) is 18.4. The number of fused-ring (bicyclic) bond motifs is 1. The zero-order valence-electron chi connectivity index (χ0n) is 13.8. The molecule has 1 aliphatic heterocycles. The van der Waals surface area contributed by atoms with Crippen LogP contribution in [0.2, 0.25) is 0 Å². The number of para-hydroxylation sites is 1. The van der Waals surface area contributed by atoms with E-state index >= 15 is 0 Å².